The number of esters is 1. The standard InChI is InChI=1S/C18H17NO4S/c1-23-17(20)13-7-9-14(10-8-13)18-11-15(18)12-19(24(18,21)22)16-5-3-2-4-6-16/h2-10,15H,11-12H2,1H3. The molecule has 0 radical (unpaired) electrons. The highest BCUT2D eigenvalue weighted by atomic mass is 32.2. The van der Waals surface area contributed by atoms with Gasteiger partial charge < -0.3 is 4.74 Å². The number of anilines is 1. The number of methoxy groups -OCH3 is 1. The second-order valence-corrected chi connectivity index (χ2v) is 8.35. The van der Waals surface area contributed by atoms with Crippen LogP contribution in [0.25, 0.3) is 0 Å². The van der Waals surface area contributed by atoms with Gasteiger partial charge in [0.15, 0.2) is 0 Å². The predicted molar refractivity (Wildman–Crippen MR) is 90.3 cm³/mol. The van der Waals surface area contributed by atoms with Gasteiger partial charge in [-0.3, -0.25) is 4.31 Å². The summed E-state index contributed by atoms with van der Waals surface area (Å²) in [6.45, 7) is 0.505. The summed E-state index contributed by atoms with van der Waals surface area (Å²) in [5.41, 5.74) is 1.87. The molecule has 0 aromatic heterocycles. The molecular formula is C18H17NO4S. The first kappa shape index (κ1) is 15.2. The van der Waals surface area contributed by atoms with Crippen molar-refractivity contribution in [1.82, 2.24) is 0 Å². The largest absolute Gasteiger partial charge is 0.465 e. The number of hydrogen-bond donors (Lipinski definition) is 0. The van der Waals surface area contributed by atoms with Gasteiger partial charge in [0.05, 0.1) is 18.4 Å². The number of benzene rings is 2. The summed E-state index contributed by atoms with van der Waals surface area (Å²) >= 11 is 0. The zero-order chi connectivity index (χ0) is 16.9. The van der Waals surface area contributed by atoms with E-state index < -0.39 is 20.7 Å². The fourth-order valence-corrected chi connectivity index (χ4v) is 6.19. The normalized spacial score (nSPS) is 26.7. The molecule has 5 nitrogen and oxygen atoms in total. The van der Waals surface area contributed by atoms with Crippen molar-refractivity contribution >= 4 is 21.7 Å². The Morgan fingerprint density at radius 2 is 1.79 bits per heavy atom. The Balaban J connectivity index is 1.71. The predicted octanol–water partition coefficient (Wildman–Crippen LogP) is 2.54. The molecular weight excluding hydrogens is 326 g/mol. The van der Waals surface area contributed by atoms with Crippen LogP contribution < -0.4 is 4.31 Å². The van der Waals surface area contributed by atoms with Crippen LogP contribution in [0.15, 0.2) is 54.6 Å². The van der Waals surface area contributed by atoms with Crippen molar-refractivity contribution in [2.45, 2.75) is 11.2 Å². The third-order valence-corrected chi connectivity index (χ3v) is 7.62. The maximum atomic E-state index is 13.2. The van der Waals surface area contributed by atoms with Crippen molar-refractivity contribution in [2.24, 2.45) is 5.92 Å². The van der Waals surface area contributed by atoms with Crippen LogP contribution in [0.5, 0.6) is 0 Å². The lowest BCUT2D eigenvalue weighted by molar-refractivity contribution is 0.0600. The molecule has 2 aliphatic rings. The van der Waals surface area contributed by atoms with Crippen LogP contribution in [0.1, 0.15) is 22.3 Å². The number of hydrogen-bond acceptors (Lipinski definition) is 4. The molecule has 24 heavy (non-hydrogen) atoms. The van der Waals surface area contributed by atoms with Gasteiger partial charge in [-0.2, -0.15) is 0 Å². The molecule has 2 unspecified atom stereocenters. The minimum absolute atomic E-state index is 0.0895. The van der Waals surface area contributed by atoms with Crippen molar-refractivity contribution in [2.75, 3.05) is 18.0 Å². The first-order chi connectivity index (χ1) is 11.5. The number of ether oxygens (including phenoxy) is 1. The number of fused-ring (bicyclic) bond motifs is 1. The van der Waals surface area contributed by atoms with Gasteiger partial charge in [0.2, 0.25) is 10.0 Å². The lowest BCUT2D eigenvalue weighted by Gasteiger charge is -2.23. The molecule has 1 saturated carbocycles. The summed E-state index contributed by atoms with van der Waals surface area (Å²) in [6, 6.07) is 15.9. The Morgan fingerprint density at radius 3 is 2.42 bits per heavy atom. The molecule has 0 N–H and O–H groups in total. The van der Waals surface area contributed by atoms with E-state index in [0.29, 0.717) is 24.2 Å². The maximum absolute atomic E-state index is 13.2. The van der Waals surface area contributed by atoms with Crippen molar-refractivity contribution in [3.05, 3.63) is 65.7 Å². The molecule has 0 bridgehead atoms. The van der Waals surface area contributed by atoms with Gasteiger partial charge in [-0.15, -0.1) is 0 Å². The molecule has 1 aliphatic carbocycles. The molecule has 2 aromatic carbocycles. The van der Waals surface area contributed by atoms with Gasteiger partial charge in [0.1, 0.15) is 4.75 Å². The highest BCUT2D eigenvalue weighted by molar-refractivity contribution is 7.94. The van der Waals surface area contributed by atoms with Crippen molar-refractivity contribution in [3.63, 3.8) is 0 Å². The average Bonchev–Trinajstić information content (AvgIpc) is 3.30. The molecule has 2 fully saturated rings. The minimum atomic E-state index is -3.48. The molecule has 0 amide bonds. The highest BCUT2D eigenvalue weighted by Crippen LogP contribution is 2.64. The van der Waals surface area contributed by atoms with Gasteiger partial charge in [-0.25, -0.2) is 13.2 Å². The first-order valence-corrected chi connectivity index (χ1v) is 9.21. The van der Waals surface area contributed by atoms with Gasteiger partial charge >= 0.3 is 5.97 Å². The van der Waals surface area contributed by atoms with E-state index in [9.17, 15) is 13.2 Å². The summed E-state index contributed by atoms with van der Waals surface area (Å²) in [5, 5.41) is 0. The smallest absolute Gasteiger partial charge is 0.337 e. The molecule has 0 spiro atoms. The lowest BCUT2D eigenvalue weighted by atomic mass is 10.1. The monoisotopic (exact) mass is 343 g/mol. The number of rotatable bonds is 3. The topological polar surface area (TPSA) is 63.7 Å². The van der Waals surface area contributed by atoms with Crippen molar-refractivity contribution in [1.29, 1.82) is 0 Å². The Labute approximate surface area is 140 Å². The van der Waals surface area contributed by atoms with Crippen LogP contribution in [0.4, 0.5) is 5.69 Å². The third-order valence-electron chi connectivity index (χ3n) is 5.02. The molecule has 1 saturated heterocycles. The van der Waals surface area contributed by atoms with Gasteiger partial charge in [0, 0.05) is 12.5 Å². The van der Waals surface area contributed by atoms with E-state index in [-0.39, 0.29) is 5.92 Å². The van der Waals surface area contributed by atoms with Crippen molar-refractivity contribution < 1.29 is 17.9 Å². The Bertz CT molecular complexity index is 892. The van der Waals surface area contributed by atoms with Gasteiger partial charge in [0.25, 0.3) is 0 Å². The van der Waals surface area contributed by atoms with E-state index in [0.717, 1.165) is 5.56 Å². The zero-order valence-corrected chi connectivity index (χ0v) is 14.0. The maximum Gasteiger partial charge on any atom is 0.337 e. The minimum Gasteiger partial charge on any atom is -0.465 e. The zero-order valence-electron chi connectivity index (χ0n) is 13.2. The average molecular weight is 343 g/mol. The number of nitrogens with zero attached hydrogens (tertiary/aromatic N) is 1. The van der Waals surface area contributed by atoms with Crippen LogP contribution in [0.3, 0.4) is 0 Å². The number of carbonyl (C=O) groups excluding carboxylic acids is 1. The summed E-state index contributed by atoms with van der Waals surface area (Å²) in [4.78, 5) is 11.6. The summed E-state index contributed by atoms with van der Waals surface area (Å²) in [5.74, 6) is -0.335. The fraction of sp³-hybridized carbons (Fsp3) is 0.278. The quantitative estimate of drug-likeness (QED) is 0.804. The van der Waals surface area contributed by atoms with Crippen LogP contribution in [0, 0.1) is 5.92 Å². The van der Waals surface area contributed by atoms with E-state index in [4.69, 9.17) is 0 Å². The summed E-state index contributed by atoms with van der Waals surface area (Å²) < 4.78 is 31.7. The SMILES string of the molecule is COC(=O)c1ccc(C23CC2CN(c2ccccc2)S3(=O)=O)cc1. The van der Waals surface area contributed by atoms with Crippen LogP contribution in [-0.4, -0.2) is 28.0 Å². The molecule has 4 rings (SSSR count). The Morgan fingerprint density at radius 1 is 1.12 bits per heavy atom. The number of carbonyl (C=O) groups is 1. The molecule has 2 atom stereocenters. The lowest BCUT2D eigenvalue weighted by Crippen LogP contribution is -2.33. The second kappa shape index (κ2) is 5.08. The van der Waals surface area contributed by atoms with Crippen LogP contribution in [-0.2, 0) is 19.5 Å². The second-order valence-electron chi connectivity index (χ2n) is 6.23. The summed E-state index contributed by atoms with van der Waals surface area (Å²) in [7, 11) is -2.16. The van der Waals surface area contributed by atoms with E-state index in [1.807, 2.05) is 30.3 Å². The van der Waals surface area contributed by atoms with E-state index in [1.165, 1.54) is 11.4 Å². The van der Waals surface area contributed by atoms with E-state index >= 15 is 0 Å². The number of sulfonamides is 1. The molecule has 1 aliphatic heterocycles. The van der Waals surface area contributed by atoms with Gasteiger partial charge in [-0.05, 0) is 36.2 Å². The van der Waals surface area contributed by atoms with Crippen molar-refractivity contribution in [3.8, 4) is 0 Å². The highest BCUT2D eigenvalue weighted by Gasteiger charge is 2.71. The third kappa shape index (κ3) is 1.92. The number of para-hydroxylation sites is 1. The molecule has 1 heterocycles. The summed E-state index contributed by atoms with van der Waals surface area (Å²) in [6.07, 6.45) is 0.635. The van der Waals surface area contributed by atoms with E-state index in [1.54, 1.807) is 24.3 Å². The Kier molecular flexibility index (Phi) is 3.22. The van der Waals surface area contributed by atoms with E-state index in [2.05, 4.69) is 4.74 Å². The first-order valence-electron chi connectivity index (χ1n) is 7.77. The Hall–Kier alpha value is -2.34. The molecule has 124 valence electrons. The molecule has 6 heteroatoms. The molecule has 2 aromatic rings. The van der Waals surface area contributed by atoms with Crippen LogP contribution in [0.2, 0.25) is 0 Å². The fourth-order valence-electron chi connectivity index (χ4n) is 3.68. The van der Waals surface area contributed by atoms with Crippen LogP contribution >= 0.6 is 0 Å². The van der Waals surface area contributed by atoms with Gasteiger partial charge in [-0.1, -0.05) is 30.3 Å².